The molecule has 0 amide bonds. The van der Waals surface area contributed by atoms with E-state index in [4.69, 9.17) is 0 Å². The zero-order valence-electron chi connectivity index (χ0n) is 13.1. The fraction of sp³-hybridized carbons (Fsp3) is 0.250. The Kier molecular flexibility index (Phi) is 4.10. The average Bonchev–Trinajstić information content (AvgIpc) is 2.50. The number of ketones is 1. The highest BCUT2D eigenvalue weighted by molar-refractivity contribution is 5.92. The molecule has 2 nitrogen and oxygen atoms in total. The van der Waals surface area contributed by atoms with Gasteiger partial charge in [-0.05, 0) is 43.9 Å². The first-order valence-electron chi connectivity index (χ1n) is 7.74. The third kappa shape index (κ3) is 3.45. The number of aryl methyl sites for hydroxylation is 2. The summed E-state index contributed by atoms with van der Waals surface area (Å²) >= 11 is 0. The molecule has 22 heavy (non-hydrogen) atoms. The van der Waals surface area contributed by atoms with E-state index in [1.165, 1.54) is 16.7 Å². The van der Waals surface area contributed by atoms with Gasteiger partial charge in [-0.1, -0.05) is 47.5 Å². The number of allylic oxidation sites excluding steroid dienone is 2. The van der Waals surface area contributed by atoms with Crippen LogP contribution in [0.2, 0.25) is 0 Å². The SMILES string of the molecule is Cc1ccc(NC2=CC(=O)C[C@H](c3ccc(C)cc3)C2)cc1. The van der Waals surface area contributed by atoms with Crippen molar-refractivity contribution in [3.63, 3.8) is 0 Å². The molecule has 0 saturated heterocycles. The van der Waals surface area contributed by atoms with E-state index in [1.54, 1.807) is 6.08 Å². The molecular formula is C20H21NO. The molecule has 1 atom stereocenters. The molecule has 0 unspecified atom stereocenters. The number of rotatable bonds is 3. The van der Waals surface area contributed by atoms with Crippen molar-refractivity contribution in [2.75, 3.05) is 5.32 Å². The van der Waals surface area contributed by atoms with Crippen molar-refractivity contribution in [3.8, 4) is 0 Å². The van der Waals surface area contributed by atoms with Crippen LogP contribution in [0.3, 0.4) is 0 Å². The van der Waals surface area contributed by atoms with Crippen LogP contribution in [0.4, 0.5) is 5.69 Å². The maximum absolute atomic E-state index is 12.1. The summed E-state index contributed by atoms with van der Waals surface area (Å²) in [4.78, 5) is 12.1. The number of benzene rings is 2. The maximum atomic E-state index is 12.1. The van der Waals surface area contributed by atoms with Crippen molar-refractivity contribution < 1.29 is 4.79 Å². The summed E-state index contributed by atoms with van der Waals surface area (Å²) in [5.41, 5.74) is 5.77. The first-order chi connectivity index (χ1) is 10.6. The fourth-order valence-electron chi connectivity index (χ4n) is 2.88. The van der Waals surface area contributed by atoms with Crippen LogP contribution < -0.4 is 5.32 Å². The van der Waals surface area contributed by atoms with Gasteiger partial charge in [0.2, 0.25) is 0 Å². The highest BCUT2D eigenvalue weighted by Crippen LogP contribution is 2.32. The minimum atomic E-state index is 0.200. The van der Waals surface area contributed by atoms with Crippen molar-refractivity contribution in [3.05, 3.63) is 77.0 Å². The largest absolute Gasteiger partial charge is 0.359 e. The van der Waals surface area contributed by atoms with Crippen molar-refractivity contribution >= 4 is 11.5 Å². The third-order valence-electron chi connectivity index (χ3n) is 4.15. The zero-order chi connectivity index (χ0) is 15.5. The normalized spacial score (nSPS) is 18.0. The maximum Gasteiger partial charge on any atom is 0.158 e. The van der Waals surface area contributed by atoms with Crippen molar-refractivity contribution in [2.24, 2.45) is 0 Å². The van der Waals surface area contributed by atoms with E-state index in [0.717, 1.165) is 17.8 Å². The lowest BCUT2D eigenvalue weighted by Crippen LogP contribution is -2.16. The predicted octanol–water partition coefficient (Wildman–Crippen LogP) is 4.75. The summed E-state index contributed by atoms with van der Waals surface area (Å²) in [7, 11) is 0. The fourth-order valence-corrected chi connectivity index (χ4v) is 2.88. The van der Waals surface area contributed by atoms with Crippen LogP contribution in [0.15, 0.2) is 60.3 Å². The van der Waals surface area contributed by atoms with E-state index >= 15 is 0 Å². The highest BCUT2D eigenvalue weighted by Gasteiger charge is 2.22. The summed E-state index contributed by atoms with van der Waals surface area (Å²) in [6, 6.07) is 16.8. The van der Waals surface area contributed by atoms with Crippen molar-refractivity contribution in [2.45, 2.75) is 32.6 Å². The van der Waals surface area contributed by atoms with E-state index in [0.29, 0.717) is 6.42 Å². The zero-order valence-corrected chi connectivity index (χ0v) is 13.1. The van der Waals surface area contributed by atoms with Gasteiger partial charge in [-0.2, -0.15) is 0 Å². The summed E-state index contributed by atoms with van der Waals surface area (Å²) in [6.07, 6.45) is 3.23. The van der Waals surface area contributed by atoms with Crippen LogP contribution in [0.25, 0.3) is 0 Å². The second-order valence-corrected chi connectivity index (χ2v) is 6.14. The molecule has 0 saturated carbocycles. The van der Waals surface area contributed by atoms with E-state index in [-0.39, 0.29) is 11.7 Å². The molecule has 0 spiro atoms. The lowest BCUT2D eigenvalue weighted by atomic mass is 9.85. The Morgan fingerprint density at radius 3 is 2.09 bits per heavy atom. The van der Waals surface area contributed by atoms with Gasteiger partial charge in [0.15, 0.2) is 5.78 Å². The standard InChI is InChI=1S/C20H21NO/c1-14-3-7-16(8-4-14)17-11-19(13-20(22)12-17)21-18-9-5-15(2)6-10-18/h3-10,13,17,21H,11-12H2,1-2H3/t17-/m1/s1. The van der Waals surface area contributed by atoms with Gasteiger partial charge in [0.05, 0.1) is 0 Å². The molecule has 0 fully saturated rings. The van der Waals surface area contributed by atoms with E-state index < -0.39 is 0 Å². The van der Waals surface area contributed by atoms with Gasteiger partial charge in [-0.3, -0.25) is 4.79 Å². The monoisotopic (exact) mass is 291 g/mol. The number of hydrogen-bond donors (Lipinski definition) is 1. The summed E-state index contributed by atoms with van der Waals surface area (Å²) in [5, 5.41) is 3.39. The minimum absolute atomic E-state index is 0.200. The molecule has 112 valence electrons. The Morgan fingerprint density at radius 2 is 1.45 bits per heavy atom. The molecule has 2 aromatic carbocycles. The Labute approximate surface area is 131 Å². The Balaban J connectivity index is 1.76. The van der Waals surface area contributed by atoms with Gasteiger partial charge >= 0.3 is 0 Å². The van der Waals surface area contributed by atoms with E-state index in [1.807, 2.05) is 0 Å². The smallest absolute Gasteiger partial charge is 0.158 e. The summed E-state index contributed by atoms with van der Waals surface area (Å²) < 4.78 is 0. The molecule has 0 aliphatic heterocycles. The molecule has 0 aromatic heterocycles. The molecule has 1 aliphatic carbocycles. The Hall–Kier alpha value is -2.35. The van der Waals surface area contributed by atoms with Gasteiger partial charge in [-0.15, -0.1) is 0 Å². The van der Waals surface area contributed by atoms with Crippen molar-refractivity contribution in [1.82, 2.24) is 0 Å². The number of anilines is 1. The quantitative estimate of drug-likeness (QED) is 0.884. The number of carbonyl (C=O) groups is 1. The third-order valence-corrected chi connectivity index (χ3v) is 4.15. The molecule has 1 aliphatic rings. The van der Waals surface area contributed by atoms with Gasteiger partial charge in [0.25, 0.3) is 0 Å². The first-order valence-corrected chi connectivity index (χ1v) is 7.74. The molecule has 0 radical (unpaired) electrons. The molecule has 0 heterocycles. The summed E-state index contributed by atoms with van der Waals surface area (Å²) in [5.74, 6) is 0.470. The molecule has 2 aromatic rings. The number of hydrogen-bond acceptors (Lipinski definition) is 2. The van der Waals surface area contributed by atoms with Crippen LogP contribution in [0.1, 0.15) is 35.4 Å². The molecular weight excluding hydrogens is 270 g/mol. The van der Waals surface area contributed by atoms with Gasteiger partial charge in [0, 0.05) is 23.9 Å². The molecule has 2 heteroatoms. The number of nitrogens with one attached hydrogen (secondary N) is 1. The van der Waals surface area contributed by atoms with Gasteiger partial charge in [0.1, 0.15) is 0 Å². The Bertz CT molecular complexity index is 695. The lowest BCUT2D eigenvalue weighted by molar-refractivity contribution is -0.115. The molecule has 3 rings (SSSR count). The van der Waals surface area contributed by atoms with Gasteiger partial charge in [-0.25, -0.2) is 0 Å². The van der Waals surface area contributed by atoms with E-state index in [2.05, 4.69) is 67.7 Å². The van der Waals surface area contributed by atoms with Crippen molar-refractivity contribution in [1.29, 1.82) is 0 Å². The first kappa shape index (κ1) is 14.6. The topological polar surface area (TPSA) is 29.1 Å². The second-order valence-electron chi connectivity index (χ2n) is 6.14. The molecule has 0 bridgehead atoms. The highest BCUT2D eigenvalue weighted by atomic mass is 16.1. The Morgan fingerprint density at radius 1 is 0.864 bits per heavy atom. The predicted molar refractivity (Wildman–Crippen MR) is 91.0 cm³/mol. The van der Waals surface area contributed by atoms with Crippen LogP contribution in [0, 0.1) is 13.8 Å². The summed E-state index contributed by atoms with van der Waals surface area (Å²) in [6.45, 7) is 4.15. The van der Waals surface area contributed by atoms with Crippen LogP contribution in [-0.2, 0) is 4.79 Å². The average molecular weight is 291 g/mol. The van der Waals surface area contributed by atoms with Crippen LogP contribution in [0.5, 0.6) is 0 Å². The molecule has 1 N–H and O–H groups in total. The van der Waals surface area contributed by atoms with E-state index in [9.17, 15) is 4.79 Å². The minimum Gasteiger partial charge on any atom is -0.359 e. The van der Waals surface area contributed by atoms with Crippen LogP contribution in [-0.4, -0.2) is 5.78 Å². The lowest BCUT2D eigenvalue weighted by Gasteiger charge is -2.23. The van der Waals surface area contributed by atoms with Crippen LogP contribution >= 0.6 is 0 Å². The van der Waals surface area contributed by atoms with Gasteiger partial charge < -0.3 is 5.32 Å². The number of carbonyl (C=O) groups excluding carboxylic acids is 1. The second kappa shape index (κ2) is 6.18.